The van der Waals surface area contributed by atoms with Crippen molar-refractivity contribution < 1.29 is 14.0 Å². The number of benzene rings is 1. The second-order valence-electron chi connectivity index (χ2n) is 8.16. The van der Waals surface area contributed by atoms with Gasteiger partial charge in [0, 0.05) is 36.6 Å². The summed E-state index contributed by atoms with van der Waals surface area (Å²) in [4.78, 5) is 11.4. The van der Waals surface area contributed by atoms with Crippen molar-refractivity contribution in [3.63, 3.8) is 0 Å². The fourth-order valence-electron chi connectivity index (χ4n) is 3.92. The molecule has 9 nitrogen and oxygen atoms in total. The Balaban J connectivity index is 1.35. The van der Waals surface area contributed by atoms with Crippen LogP contribution in [0.3, 0.4) is 0 Å². The lowest BCUT2D eigenvalue weighted by Gasteiger charge is -2.16. The Hall–Kier alpha value is -3.33. The molecule has 0 aliphatic carbocycles. The van der Waals surface area contributed by atoms with Crippen molar-refractivity contribution >= 4 is 17.5 Å². The standard InChI is InChI=1S/C24H32N6O3/c1-17-20(18(2)33-29-17)16-26-23-9-10-25-24(28-23)27-19-7-8-21(31-3)22(15-19)32-14-6-13-30-11-4-5-12-30/h7-10,15H,4-6,11-14,16H2,1-3H3,(H2,25,26,27,28). The number of hydrogen-bond acceptors (Lipinski definition) is 9. The number of nitrogens with zero attached hydrogens (tertiary/aromatic N) is 4. The third-order valence-electron chi connectivity index (χ3n) is 5.78. The summed E-state index contributed by atoms with van der Waals surface area (Å²) in [7, 11) is 1.65. The molecule has 3 heterocycles. The van der Waals surface area contributed by atoms with Gasteiger partial charge in [0.1, 0.15) is 11.6 Å². The zero-order valence-electron chi connectivity index (χ0n) is 19.6. The van der Waals surface area contributed by atoms with Gasteiger partial charge in [-0.05, 0) is 64.4 Å². The molecule has 9 heteroatoms. The molecule has 0 amide bonds. The Morgan fingerprint density at radius 2 is 1.97 bits per heavy atom. The van der Waals surface area contributed by atoms with Crippen molar-refractivity contribution in [1.29, 1.82) is 0 Å². The van der Waals surface area contributed by atoms with E-state index < -0.39 is 0 Å². The first kappa shape index (κ1) is 22.8. The molecule has 2 aromatic heterocycles. The molecule has 1 aromatic carbocycles. The zero-order chi connectivity index (χ0) is 23.0. The van der Waals surface area contributed by atoms with Gasteiger partial charge in [0.15, 0.2) is 11.5 Å². The molecule has 33 heavy (non-hydrogen) atoms. The van der Waals surface area contributed by atoms with E-state index in [1.165, 1.54) is 25.9 Å². The number of ether oxygens (including phenoxy) is 2. The van der Waals surface area contributed by atoms with Gasteiger partial charge in [0.05, 0.1) is 19.4 Å². The van der Waals surface area contributed by atoms with Crippen LogP contribution < -0.4 is 20.1 Å². The molecule has 1 aliphatic heterocycles. The molecule has 0 atom stereocenters. The molecule has 0 saturated carbocycles. The minimum atomic E-state index is 0.490. The Morgan fingerprint density at radius 3 is 2.73 bits per heavy atom. The van der Waals surface area contributed by atoms with Crippen molar-refractivity contribution in [3.8, 4) is 11.5 Å². The predicted octanol–water partition coefficient (Wildman–Crippen LogP) is 4.31. The van der Waals surface area contributed by atoms with Gasteiger partial charge in [-0.25, -0.2) is 4.98 Å². The van der Waals surface area contributed by atoms with Crippen LogP contribution in [0.15, 0.2) is 35.0 Å². The summed E-state index contributed by atoms with van der Waals surface area (Å²) in [5, 5.41) is 10.5. The summed E-state index contributed by atoms with van der Waals surface area (Å²) in [5.41, 5.74) is 2.73. The summed E-state index contributed by atoms with van der Waals surface area (Å²) < 4.78 is 16.7. The summed E-state index contributed by atoms with van der Waals surface area (Å²) in [6, 6.07) is 7.55. The van der Waals surface area contributed by atoms with Gasteiger partial charge in [-0.2, -0.15) is 4.98 Å². The van der Waals surface area contributed by atoms with Gasteiger partial charge in [-0.15, -0.1) is 0 Å². The van der Waals surface area contributed by atoms with Gasteiger partial charge in [-0.3, -0.25) is 0 Å². The van der Waals surface area contributed by atoms with Crippen LogP contribution >= 0.6 is 0 Å². The van der Waals surface area contributed by atoms with E-state index in [4.69, 9.17) is 14.0 Å². The van der Waals surface area contributed by atoms with Crippen LogP contribution in [0, 0.1) is 13.8 Å². The molecule has 2 N–H and O–H groups in total. The minimum Gasteiger partial charge on any atom is -0.493 e. The molecule has 176 valence electrons. The molecule has 0 radical (unpaired) electrons. The third-order valence-corrected chi connectivity index (χ3v) is 5.78. The SMILES string of the molecule is COc1ccc(Nc2nccc(NCc3c(C)noc3C)n2)cc1OCCCN1CCCC1. The quantitative estimate of drug-likeness (QED) is 0.412. The summed E-state index contributed by atoms with van der Waals surface area (Å²) in [6.45, 7) is 8.53. The summed E-state index contributed by atoms with van der Waals surface area (Å²) >= 11 is 0. The molecular weight excluding hydrogens is 420 g/mol. The average molecular weight is 453 g/mol. The first-order chi connectivity index (χ1) is 16.1. The minimum absolute atomic E-state index is 0.490. The van der Waals surface area contributed by atoms with E-state index in [0.717, 1.165) is 35.7 Å². The van der Waals surface area contributed by atoms with Crippen LogP contribution in [0.2, 0.25) is 0 Å². The maximum Gasteiger partial charge on any atom is 0.229 e. The Morgan fingerprint density at radius 1 is 1.12 bits per heavy atom. The Labute approximate surface area is 194 Å². The summed E-state index contributed by atoms with van der Waals surface area (Å²) in [6.07, 6.45) is 5.31. The van der Waals surface area contributed by atoms with Gasteiger partial charge in [0.2, 0.25) is 5.95 Å². The number of aryl methyl sites for hydroxylation is 2. The maximum atomic E-state index is 6.03. The van der Waals surface area contributed by atoms with Crippen molar-refractivity contribution in [2.45, 2.75) is 39.7 Å². The van der Waals surface area contributed by atoms with E-state index in [-0.39, 0.29) is 0 Å². The normalized spacial score (nSPS) is 13.8. The van der Waals surface area contributed by atoms with E-state index in [2.05, 4.69) is 30.7 Å². The second kappa shape index (κ2) is 11.0. The monoisotopic (exact) mass is 452 g/mol. The number of nitrogens with one attached hydrogen (secondary N) is 2. The highest BCUT2D eigenvalue weighted by Gasteiger charge is 2.12. The van der Waals surface area contributed by atoms with Crippen LogP contribution in [0.5, 0.6) is 11.5 Å². The predicted molar refractivity (Wildman–Crippen MR) is 127 cm³/mol. The molecule has 3 aromatic rings. The molecule has 0 unspecified atom stereocenters. The first-order valence-electron chi connectivity index (χ1n) is 11.4. The molecular formula is C24H32N6O3. The zero-order valence-corrected chi connectivity index (χ0v) is 19.6. The lowest BCUT2D eigenvalue weighted by atomic mass is 10.2. The van der Waals surface area contributed by atoms with E-state index in [0.29, 0.717) is 36.4 Å². The van der Waals surface area contributed by atoms with E-state index in [9.17, 15) is 0 Å². The second-order valence-corrected chi connectivity index (χ2v) is 8.16. The van der Waals surface area contributed by atoms with E-state index >= 15 is 0 Å². The van der Waals surface area contributed by atoms with Gasteiger partial charge < -0.3 is 29.5 Å². The van der Waals surface area contributed by atoms with Gasteiger partial charge >= 0.3 is 0 Å². The Kier molecular flexibility index (Phi) is 7.62. The van der Waals surface area contributed by atoms with E-state index in [1.54, 1.807) is 13.3 Å². The molecule has 1 aliphatic rings. The van der Waals surface area contributed by atoms with Crippen LogP contribution in [0.1, 0.15) is 36.3 Å². The van der Waals surface area contributed by atoms with Crippen molar-refractivity contribution in [1.82, 2.24) is 20.0 Å². The largest absolute Gasteiger partial charge is 0.493 e. The highest BCUT2D eigenvalue weighted by atomic mass is 16.5. The molecule has 4 rings (SSSR count). The number of likely N-dealkylation sites (tertiary alicyclic amines) is 1. The van der Waals surface area contributed by atoms with Crippen molar-refractivity contribution in [2.75, 3.05) is 44.0 Å². The van der Waals surface area contributed by atoms with Gasteiger partial charge in [0.25, 0.3) is 0 Å². The van der Waals surface area contributed by atoms with Crippen molar-refractivity contribution in [3.05, 3.63) is 47.5 Å². The van der Waals surface area contributed by atoms with E-state index in [1.807, 2.05) is 38.1 Å². The van der Waals surface area contributed by atoms with Crippen molar-refractivity contribution in [2.24, 2.45) is 0 Å². The fourth-order valence-corrected chi connectivity index (χ4v) is 3.92. The lowest BCUT2D eigenvalue weighted by Crippen LogP contribution is -2.21. The highest BCUT2D eigenvalue weighted by Crippen LogP contribution is 2.31. The van der Waals surface area contributed by atoms with Crippen LogP contribution in [0.4, 0.5) is 17.5 Å². The Bertz CT molecular complexity index is 1030. The fraction of sp³-hybridized carbons (Fsp3) is 0.458. The average Bonchev–Trinajstić information content (AvgIpc) is 3.45. The smallest absolute Gasteiger partial charge is 0.229 e. The molecule has 0 spiro atoms. The summed E-state index contributed by atoms with van der Waals surface area (Å²) in [5.74, 6) is 3.41. The first-order valence-corrected chi connectivity index (χ1v) is 11.4. The third kappa shape index (κ3) is 6.13. The van der Waals surface area contributed by atoms with Crippen LogP contribution in [-0.2, 0) is 6.54 Å². The molecule has 1 saturated heterocycles. The number of aromatic nitrogens is 3. The number of rotatable bonds is 11. The van der Waals surface area contributed by atoms with Gasteiger partial charge in [-0.1, -0.05) is 5.16 Å². The number of anilines is 3. The maximum absolute atomic E-state index is 6.03. The number of hydrogen-bond donors (Lipinski definition) is 2. The topological polar surface area (TPSA) is 97.6 Å². The highest BCUT2D eigenvalue weighted by molar-refractivity contribution is 5.60. The van der Waals surface area contributed by atoms with Crippen LogP contribution in [-0.4, -0.2) is 53.4 Å². The van der Waals surface area contributed by atoms with Crippen LogP contribution in [0.25, 0.3) is 0 Å². The molecule has 1 fully saturated rings. The lowest BCUT2D eigenvalue weighted by molar-refractivity contribution is 0.254. The molecule has 0 bridgehead atoms. The number of methoxy groups -OCH3 is 1.